The van der Waals surface area contributed by atoms with Crippen LogP contribution < -0.4 is 10.6 Å². The van der Waals surface area contributed by atoms with Gasteiger partial charge in [0.15, 0.2) is 0 Å². The van der Waals surface area contributed by atoms with Gasteiger partial charge in [-0.25, -0.2) is 0 Å². The molecule has 0 heterocycles. The van der Waals surface area contributed by atoms with Crippen molar-refractivity contribution in [1.29, 1.82) is 0 Å². The average molecular weight is 339 g/mol. The number of carbonyl (C=O) groups excluding carboxylic acids is 2. The Morgan fingerprint density at radius 1 is 1.40 bits per heavy atom. The predicted molar refractivity (Wildman–Crippen MR) is 82.4 cm³/mol. The van der Waals surface area contributed by atoms with Gasteiger partial charge in [0.25, 0.3) is 0 Å². The van der Waals surface area contributed by atoms with E-state index in [-0.39, 0.29) is 17.7 Å². The maximum atomic E-state index is 11.8. The van der Waals surface area contributed by atoms with Crippen LogP contribution in [-0.2, 0) is 9.59 Å². The minimum atomic E-state index is -0.0872. The third-order valence-corrected chi connectivity index (χ3v) is 4.43. The van der Waals surface area contributed by atoms with Gasteiger partial charge >= 0.3 is 0 Å². The van der Waals surface area contributed by atoms with Crippen molar-refractivity contribution in [3.8, 4) is 0 Å². The molecule has 0 radical (unpaired) electrons. The SMILES string of the molecule is Cc1cc(NC(=O)CCNC(=O)[C@@H]2C[C@@H]2C)ccc1Br. The monoisotopic (exact) mass is 338 g/mol. The number of halogens is 1. The Morgan fingerprint density at radius 3 is 2.70 bits per heavy atom. The number of amides is 2. The highest BCUT2D eigenvalue weighted by Gasteiger charge is 2.38. The van der Waals surface area contributed by atoms with Crippen molar-refractivity contribution in [2.75, 3.05) is 11.9 Å². The van der Waals surface area contributed by atoms with Gasteiger partial charge in [-0.15, -0.1) is 0 Å². The molecule has 108 valence electrons. The van der Waals surface area contributed by atoms with Crippen molar-refractivity contribution in [1.82, 2.24) is 5.32 Å². The van der Waals surface area contributed by atoms with Crippen molar-refractivity contribution in [3.05, 3.63) is 28.2 Å². The Labute approximate surface area is 127 Å². The van der Waals surface area contributed by atoms with Crippen molar-refractivity contribution in [3.63, 3.8) is 0 Å². The Balaban J connectivity index is 1.72. The molecule has 1 aromatic carbocycles. The highest BCUT2D eigenvalue weighted by Crippen LogP contribution is 2.37. The van der Waals surface area contributed by atoms with Gasteiger partial charge in [0.1, 0.15) is 0 Å². The summed E-state index contributed by atoms with van der Waals surface area (Å²) >= 11 is 3.42. The molecule has 2 amide bonds. The van der Waals surface area contributed by atoms with Crippen molar-refractivity contribution >= 4 is 33.4 Å². The number of hydrogen-bond donors (Lipinski definition) is 2. The second-order valence-electron chi connectivity index (χ2n) is 5.37. The molecule has 0 aromatic heterocycles. The number of benzene rings is 1. The van der Waals surface area contributed by atoms with Gasteiger partial charge in [-0.2, -0.15) is 0 Å². The fourth-order valence-corrected chi connectivity index (χ4v) is 2.31. The topological polar surface area (TPSA) is 58.2 Å². The van der Waals surface area contributed by atoms with E-state index in [0.29, 0.717) is 18.9 Å². The Kier molecular flexibility index (Phi) is 4.81. The summed E-state index contributed by atoms with van der Waals surface area (Å²) in [4.78, 5) is 23.4. The van der Waals surface area contributed by atoms with Crippen LogP contribution in [0.5, 0.6) is 0 Å². The van der Waals surface area contributed by atoms with Crippen molar-refractivity contribution in [2.24, 2.45) is 11.8 Å². The molecule has 0 bridgehead atoms. The Morgan fingerprint density at radius 2 is 2.10 bits per heavy atom. The zero-order chi connectivity index (χ0) is 14.7. The molecule has 0 unspecified atom stereocenters. The molecule has 1 aliphatic rings. The summed E-state index contributed by atoms with van der Waals surface area (Å²) < 4.78 is 1.02. The largest absolute Gasteiger partial charge is 0.355 e. The van der Waals surface area contributed by atoms with Crippen molar-refractivity contribution in [2.45, 2.75) is 26.7 Å². The van der Waals surface area contributed by atoms with Gasteiger partial charge in [0, 0.05) is 29.0 Å². The molecule has 0 spiro atoms. The normalized spacial score (nSPS) is 20.4. The van der Waals surface area contributed by atoms with E-state index in [9.17, 15) is 9.59 Å². The van der Waals surface area contributed by atoms with E-state index in [1.165, 1.54) is 0 Å². The maximum Gasteiger partial charge on any atom is 0.226 e. The summed E-state index contributed by atoms with van der Waals surface area (Å²) in [5, 5.41) is 5.63. The smallest absolute Gasteiger partial charge is 0.226 e. The van der Waals surface area contributed by atoms with E-state index < -0.39 is 0 Å². The molecule has 0 aliphatic heterocycles. The fourth-order valence-electron chi connectivity index (χ4n) is 2.06. The molecule has 1 aliphatic carbocycles. The van der Waals surface area contributed by atoms with E-state index in [4.69, 9.17) is 0 Å². The van der Waals surface area contributed by atoms with Crippen LogP contribution in [0.1, 0.15) is 25.3 Å². The maximum absolute atomic E-state index is 11.8. The summed E-state index contributed by atoms with van der Waals surface area (Å²) in [5.74, 6) is 0.641. The minimum Gasteiger partial charge on any atom is -0.355 e. The molecule has 1 aromatic rings. The number of rotatable bonds is 5. The third-order valence-electron chi connectivity index (χ3n) is 3.54. The molecule has 20 heavy (non-hydrogen) atoms. The standard InChI is InChI=1S/C15H19BrN2O2/c1-9-8-12(9)15(20)17-6-5-14(19)18-11-3-4-13(16)10(2)7-11/h3-4,7,9,12H,5-6,8H2,1-2H3,(H,17,20)(H,18,19)/t9-,12+/m0/s1. The number of carbonyl (C=O) groups is 2. The van der Waals surface area contributed by atoms with E-state index >= 15 is 0 Å². The first kappa shape index (κ1) is 15.0. The highest BCUT2D eigenvalue weighted by molar-refractivity contribution is 9.10. The van der Waals surface area contributed by atoms with E-state index in [1.54, 1.807) is 0 Å². The van der Waals surface area contributed by atoms with Crippen LogP contribution in [0.2, 0.25) is 0 Å². The van der Waals surface area contributed by atoms with Gasteiger partial charge in [0.05, 0.1) is 0 Å². The number of hydrogen-bond acceptors (Lipinski definition) is 2. The van der Waals surface area contributed by atoms with E-state index in [0.717, 1.165) is 22.1 Å². The second-order valence-corrected chi connectivity index (χ2v) is 6.23. The molecular formula is C15H19BrN2O2. The lowest BCUT2D eigenvalue weighted by atomic mass is 10.2. The minimum absolute atomic E-state index is 0.0739. The molecule has 5 heteroatoms. The summed E-state index contributed by atoms with van der Waals surface area (Å²) in [7, 11) is 0. The number of aryl methyl sites for hydroxylation is 1. The summed E-state index contributed by atoms with van der Waals surface area (Å²) in [6.45, 7) is 4.42. The molecular weight excluding hydrogens is 320 g/mol. The molecule has 1 fully saturated rings. The molecule has 2 rings (SSSR count). The Hall–Kier alpha value is -1.36. The fraction of sp³-hybridized carbons (Fsp3) is 0.467. The average Bonchev–Trinajstić information content (AvgIpc) is 3.11. The first-order valence-corrected chi connectivity index (χ1v) is 7.60. The quantitative estimate of drug-likeness (QED) is 0.867. The molecule has 2 N–H and O–H groups in total. The van der Waals surface area contributed by atoms with E-state index in [2.05, 4.69) is 33.5 Å². The highest BCUT2D eigenvalue weighted by atomic mass is 79.9. The number of anilines is 1. The molecule has 0 saturated heterocycles. The van der Waals surface area contributed by atoms with Gasteiger partial charge in [-0.05, 0) is 43.0 Å². The van der Waals surface area contributed by atoms with Gasteiger partial charge in [-0.3, -0.25) is 9.59 Å². The molecule has 4 nitrogen and oxygen atoms in total. The van der Waals surface area contributed by atoms with Gasteiger partial charge in [0.2, 0.25) is 11.8 Å². The van der Waals surface area contributed by atoms with Gasteiger partial charge in [-0.1, -0.05) is 22.9 Å². The van der Waals surface area contributed by atoms with Crippen molar-refractivity contribution < 1.29 is 9.59 Å². The van der Waals surface area contributed by atoms with Crippen LogP contribution in [0.3, 0.4) is 0 Å². The lowest BCUT2D eigenvalue weighted by Gasteiger charge is -2.08. The van der Waals surface area contributed by atoms with Crippen LogP contribution in [0.4, 0.5) is 5.69 Å². The predicted octanol–water partition coefficient (Wildman–Crippen LogP) is 2.86. The van der Waals surface area contributed by atoms with Gasteiger partial charge < -0.3 is 10.6 Å². The van der Waals surface area contributed by atoms with Crippen LogP contribution >= 0.6 is 15.9 Å². The lowest BCUT2D eigenvalue weighted by molar-refractivity contribution is -0.122. The van der Waals surface area contributed by atoms with E-state index in [1.807, 2.05) is 25.1 Å². The van der Waals surface area contributed by atoms with Crippen LogP contribution in [-0.4, -0.2) is 18.4 Å². The zero-order valence-corrected chi connectivity index (χ0v) is 13.3. The van der Waals surface area contributed by atoms with Crippen LogP contribution in [0.25, 0.3) is 0 Å². The molecule has 1 saturated carbocycles. The lowest BCUT2D eigenvalue weighted by Crippen LogP contribution is -2.29. The third kappa shape index (κ3) is 4.07. The summed E-state index contributed by atoms with van der Waals surface area (Å²) in [6.07, 6.45) is 1.26. The first-order valence-electron chi connectivity index (χ1n) is 6.81. The molecule has 2 atom stereocenters. The second kappa shape index (κ2) is 6.39. The first-order chi connectivity index (χ1) is 9.47. The zero-order valence-electron chi connectivity index (χ0n) is 11.7. The summed E-state index contributed by atoms with van der Waals surface area (Å²) in [6, 6.07) is 5.66. The Bertz CT molecular complexity index is 531. The van der Waals surface area contributed by atoms with Crippen LogP contribution in [0, 0.1) is 18.8 Å². The van der Waals surface area contributed by atoms with Crippen LogP contribution in [0.15, 0.2) is 22.7 Å². The number of nitrogens with one attached hydrogen (secondary N) is 2. The summed E-state index contributed by atoms with van der Waals surface area (Å²) in [5.41, 5.74) is 1.84.